The van der Waals surface area contributed by atoms with Crippen molar-refractivity contribution in [2.24, 2.45) is 0 Å². The summed E-state index contributed by atoms with van der Waals surface area (Å²) in [6, 6.07) is 7.32. The normalized spacial score (nSPS) is 16.2. The summed E-state index contributed by atoms with van der Waals surface area (Å²) >= 11 is 0. The molecule has 6 heteroatoms. The molecule has 1 aliphatic heterocycles. The zero-order valence-electron chi connectivity index (χ0n) is 13.4. The molecule has 0 bridgehead atoms. The van der Waals surface area contributed by atoms with E-state index in [2.05, 4.69) is 9.88 Å². The zero-order chi connectivity index (χ0) is 16.2. The molecule has 1 aliphatic rings. The fourth-order valence-electron chi connectivity index (χ4n) is 2.63. The minimum atomic E-state index is -0.147. The number of amides is 1. The Morgan fingerprint density at radius 3 is 2.83 bits per heavy atom. The Balaban J connectivity index is 1.76. The first-order valence-electron chi connectivity index (χ1n) is 7.76. The molecule has 3 heterocycles. The van der Waals surface area contributed by atoms with Crippen LogP contribution in [0.5, 0.6) is 0 Å². The SMILES string of the molecule is C[C@@H](c1ccco1)N(C)C(=O)c1cc(N2CCOCC2)ccn1. The molecular formula is C17H21N3O3. The number of nitrogens with zero attached hydrogens (tertiary/aromatic N) is 3. The maximum absolute atomic E-state index is 12.7. The van der Waals surface area contributed by atoms with Gasteiger partial charge in [0.1, 0.15) is 11.5 Å². The first-order valence-corrected chi connectivity index (χ1v) is 7.76. The van der Waals surface area contributed by atoms with Crippen LogP contribution in [0.2, 0.25) is 0 Å². The number of carbonyl (C=O) groups is 1. The molecule has 1 fully saturated rings. The first-order chi connectivity index (χ1) is 11.2. The third-order valence-corrected chi connectivity index (χ3v) is 4.20. The van der Waals surface area contributed by atoms with Gasteiger partial charge >= 0.3 is 0 Å². The van der Waals surface area contributed by atoms with E-state index >= 15 is 0 Å². The van der Waals surface area contributed by atoms with Gasteiger partial charge in [-0.1, -0.05) is 0 Å². The Kier molecular flexibility index (Phi) is 4.62. The van der Waals surface area contributed by atoms with E-state index in [-0.39, 0.29) is 11.9 Å². The molecule has 0 unspecified atom stereocenters. The van der Waals surface area contributed by atoms with E-state index in [9.17, 15) is 4.79 Å². The number of rotatable bonds is 4. The van der Waals surface area contributed by atoms with E-state index < -0.39 is 0 Å². The summed E-state index contributed by atoms with van der Waals surface area (Å²) in [5.41, 5.74) is 1.44. The highest BCUT2D eigenvalue weighted by molar-refractivity contribution is 5.93. The van der Waals surface area contributed by atoms with Crippen molar-refractivity contribution in [1.29, 1.82) is 0 Å². The molecule has 0 aliphatic carbocycles. The predicted octanol–water partition coefficient (Wildman–Crippen LogP) is 2.34. The second-order valence-electron chi connectivity index (χ2n) is 5.61. The standard InChI is InChI=1S/C17H21N3O3/c1-13(16-4-3-9-23-16)19(2)17(21)15-12-14(5-6-18-15)20-7-10-22-11-8-20/h3-6,9,12-13H,7-8,10-11H2,1-2H3/t13-/m0/s1. The number of aromatic nitrogens is 1. The Labute approximate surface area is 135 Å². The van der Waals surface area contributed by atoms with E-state index in [1.165, 1.54) is 0 Å². The van der Waals surface area contributed by atoms with Gasteiger partial charge in [-0.2, -0.15) is 0 Å². The quantitative estimate of drug-likeness (QED) is 0.867. The number of pyridine rings is 1. The van der Waals surface area contributed by atoms with Crippen LogP contribution in [0.4, 0.5) is 5.69 Å². The Bertz CT molecular complexity index is 651. The Morgan fingerprint density at radius 1 is 1.35 bits per heavy atom. The molecule has 2 aromatic heterocycles. The van der Waals surface area contributed by atoms with Gasteiger partial charge in [0, 0.05) is 32.0 Å². The lowest BCUT2D eigenvalue weighted by Gasteiger charge is -2.29. The van der Waals surface area contributed by atoms with Gasteiger partial charge in [0.05, 0.1) is 25.5 Å². The van der Waals surface area contributed by atoms with Crippen molar-refractivity contribution in [3.8, 4) is 0 Å². The molecule has 0 radical (unpaired) electrons. The number of carbonyl (C=O) groups excluding carboxylic acids is 1. The van der Waals surface area contributed by atoms with Crippen molar-refractivity contribution in [3.63, 3.8) is 0 Å². The maximum atomic E-state index is 12.7. The van der Waals surface area contributed by atoms with Gasteiger partial charge in [0.25, 0.3) is 5.91 Å². The molecule has 3 rings (SSSR count). The van der Waals surface area contributed by atoms with Crippen LogP contribution < -0.4 is 4.90 Å². The lowest BCUT2D eigenvalue weighted by atomic mass is 10.2. The average Bonchev–Trinajstić information content (AvgIpc) is 3.15. The second kappa shape index (κ2) is 6.83. The van der Waals surface area contributed by atoms with Gasteiger partial charge in [-0.15, -0.1) is 0 Å². The van der Waals surface area contributed by atoms with Crippen molar-refractivity contribution in [2.45, 2.75) is 13.0 Å². The van der Waals surface area contributed by atoms with Gasteiger partial charge in [0.2, 0.25) is 0 Å². The third-order valence-electron chi connectivity index (χ3n) is 4.20. The van der Waals surface area contributed by atoms with Crippen LogP contribution in [0, 0.1) is 0 Å². The summed E-state index contributed by atoms with van der Waals surface area (Å²) < 4.78 is 10.8. The fraction of sp³-hybridized carbons (Fsp3) is 0.412. The monoisotopic (exact) mass is 315 g/mol. The summed E-state index contributed by atoms with van der Waals surface area (Å²) in [6.45, 7) is 5.01. The van der Waals surface area contributed by atoms with Crippen LogP contribution >= 0.6 is 0 Å². The Hall–Kier alpha value is -2.34. The molecule has 122 valence electrons. The van der Waals surface area contributed by atoms with Crippen LogP contribution in [0.3, 0.4) is 0 Å². The molecule has 0 spiro atoms. The van der Waals surface area contributed by atoms with Gasteiger partial charge in [0.15, 0.2) is 0 Å². The molecule has 1 atom stereocenters. The molecule has 0 saturated carbocycles. The molecule has 0 N–H and O–H groups in total. The van der Waals surface area contributed by atoms with Crippen molar-refractivity contribution in [2.75, 3.05) is 38.3 Å². The minimum Gasteiger partial charge on any atom is -0.467 e. The molecule has 1 saturated heterocycles. The van der Waals surface area contributed by atoms with Crippen LogP contribution in [0.15, 0.2) is 41.1 Å². The minimum absolute atomic E-state index is 0.121. The topological polar surface area (TPSA) is 58.8 Å². The van der Waals surface area contributed by atoms with Crippen molar-refractivity contribution >= 4 is 11.6 Å². The van der Waals surface area contributed by atoms with E-state index in [1.54, 1.807) is 24.4 Å². The fourth-order valence-corrected chi connectivity index (χ4v) is 2.63. The van der Waals surface area contributed by atoms with E-state index in [0.29, 0.717) is 18.9 Å². The zero-order valence-corrected chi connectivity index (χ0v) is 13.4. The summed E-state index contributed by atoms with van der Waals surface area (Å²) in [7, 11) is 1.76. The smallest absolute Gasteiger partial charge is 0.272 e. The molecule has 2 aromatic rings. The van der Waals surface area contributed by atoms with Gasteiger partial charge in [-0.05, 0) is 31.2 Å². The van der Waals surface area contributed by atoms with E-state index in [0.717, 1.165) is 24.5 Å². The number of anilines is 1. The van der Waals surface area contributed by atoms with Gasteiger partial charge in [-0.25, -0.2) is 0 Å². The van der Waals surface area contributed by atoms with Crippen LogP contribution in [0.25, 0.3) is 0 Å². The molecule has 23 heavy (non-hydrogen) atoms. The van der Waals surface area contributed by atoms with Crippen molar-refractivity contribution in [1.82, 2.24) is 9.88 Å². The van der Waals surface area contributed by atoms with Crippen LogP contribution in [-0.4, -0.2) is 49.1 Å². The molecule has 0 aromatic carbocycles. The van der Waals surface area contributed by atoms with Gasteiger partial charge in [-0.3, -0.25) is 9.78 Å². The highest BCUT2D eigenvalue weighted by atomic mass is 16.5. The van der Waals surface area contributed by atoms with Crippen LogP contribution in [0.1, 0.15) is 29.2 Å². The number of morpholine rings is 1. The average molecular weight is 315 g/mol. The van der Waals surface area contributed by atoms with E-state index in [4.69, 9.17) is 9.15 Å². The maximum Gasteiger partial charge on any atom is 0.272 e. The highest BCUT2D eigenvalue weighted by Crippen LogP contribution is 2.22. The summed E-state index contributed by atoms with van der Waals surface area (Å²) in [5.74, 6) is 0.634. The molecule has 1 amide bonds. The summed E-state index contributed by atoms with van der Waals surface area (Å²) in [6.07, 6.45) is 3.30. The number of hydrogen-bond acceptors (Lipinski definition) is 5. The van der Waals surface area contributed by atoms with Crippen molar-refractivity contribution in [3.05, 3.63) is 48.2 Å². The van der Waals surface area contributed by atoms with Crippen LogP contribution in [-0.2, 0) is 4.74 Å². The number of ether oxygens (including phenoxy) is 1. The lowest BCUT2D eigenvalue weighted by molar-refractivity contribution is 0.0720. The lowest BCUT2D eigenvalue weighted by Crippen LogP contribution is -2.36. The van der Waals surface area contributed by atoms with Gasteiger partial charge < -0.3 is 19.0 Å². The second-order valence-corrected chi connectivity index (χ2v) is 5.61. The largest absolute Gasteiger partial charge is 0.467 e. The highest BCUT2D eigenvalue weighted by Gasteiger charge is 2.22. The first kappa shape index (κ1) is 15.6. The van der Waals surface area contributed by atoms with E-state index in [1.807, 2.05) is 31.2 Å². The summed E-state index contributed by atoms with van der Waals surface area (Å²) in [5, 5.41) is 0. The Morgan fingerprint density at radius 2 is 2.13 bits per heavy atom. The predicted molar refractivity (Wildman–Crippen MR) is 86.5 cm³/mol. The molecule has 6 nitrogen and oxygen atoms in total. The number of furan rings is 1. The molecular weight excluding hydrogens is 294 g/mol. The summed E-state index contributed by atoms with van der Waals surface area (Å²) in [4.78, 5) is 20.8. The third kappa shape index (κ3) is 3.37. The number of hydrogen-bond donors (Lipinski definition) is 0. The van der Waals surface area contributed by atoms with Crippen molar-refractivity contribution < 1.29 is 13.9 Å².